The minimum Gasteiger partial charge on any atom is -0.444 e. The van der Waals surface area contributed by atoms with Crippen LogP contribution in [0.1, 0.15) is 116 Å². The van der Waals surface area contributed by atoms with Crippen LogP contribution in [0.5, 0.6) is 0 Å². The summed E-state index contributed by atoms with van der Waals surface area (Å²) in [7, 11) is 0. The number of nitrogens with zero attached hydrogens (tertiary/aromatic N) is 4. The monoisotopic (exact) mass is 674 g/mol. The number of H-pyrrole nitrogens is 2. The van der Waals surface area contributed by atoms with E-state index in [1.807, 2.05) is 81.7 Å². The van der Waals surface area contributed by atoms with Crippen molar-refractivity contribution in [3.8, 4) is 11.8 Å². The molecule has 0 spiro atoms. The number of nitrogens with one attached hydrogen (secondary N) is 2. The number of hydrogen-bond donors (Lipinski definition) is 2. The Morgan fingerprint density at radius 1 is 0.700 bits per heavy atom. The van der Waals surface area contributed by atoms with Gasteiger partial charge < -0.3 is 19.4 Å². The van der Waals surface area contributed by atoms with E-state index < -0.39 is 11.2 Å². The Kier molecular flexibility index (Phi) is 8.28. The van der Waals surface area contributed by atoms with E-state index in [0.29, 0.717) is 0 Å². The van der Waals surface area contributed by atoms with Crippen LogP contribution < -0.4 is 0 Å². The SMILES string of the molecule is CC1CC[C@@H](c2nc3ccc(C#Cc4ccc5c(ccc6[nH]c([C@@H]7CC[C@H](C)N7C(=O)OC(C)(C)C)nc65)c4)cc3[nH]2)N1C(=O)OC(C)(C)C. The minimum atomic E-state index is -0.564. The molecule has 2 N–H and O–H groups in total. The van der Waals surface area contributed by atoms with Gasteiger partial charge in [0.25, 0.3) is 0 Å². The van der Waals surface area contributed by atoms with Crippen molar-refractivity contribution >= 4 is 45.0 Å². The lowest BCUT2D eigenvalue weighted by molar-refractivity contribution is 0.0141. The lowest BCUT2D eigenvalue weighted by Crippen LogP contribution is -2.40. The van der Waals surface area contributed by atoms with Crippen molar-refractivity contribution in [1.82, 2.24) is 29.7 Å². The van der Waals surface area contributed by atoms with Crippen LogP contribution in [0.3, 0.4) is 0 Å². The van der Waals surface area contributed by atoms with Gasteiger partial charge in [-0.05, 0) is 123 Å². The Labute approximate surface area is 292 Å². The molecule has 260 valence electrons. The molecule has 2 fully saturated rings. The number of benzene rings is 3. The molecule has 4 atom stereocenters. The third kappa shape index (κ3) is 6.61. The Morgan fingerprint density at radius 3 is 1.84 bits per heavy atom. The number of ether oxygens (including phenoxy) is 2. The van der Waals surface area contributed by atoms with Gasteiger partial charge in [-0.2, -0.15) is 0 Å². The third-order valence-corrected chi connectivity index (χ3v) is 9.51. The summed E-state index contributed by atoms with van der Waals surface area (Å²) in [5.41, 5.74) is 4.16. The van der Waals surface area contributed by atoms with Crippen molar-refractivity contribution < 1.29 is 19.1 Å². The molecule has 7 rings (SSSR count). The number of imidazole rings is 2. The molecule has 10 heteroatoms. The second-order valence-electron chi connectivity index (χ2n) is 15.8. The highest BCUT2D eigenvalue weighted by Crippen LogP contribution is 2.38. The molecule has 10 nitrogen and oxygen atoms in total. The van der Waals surface area contributed by atoms with Gasteiger partial charge in [0.2, 0.25) is 0 Å². The number of hydrogen-bond acceptors (Lipinski definition) is 6. The maximum Gasteiger partial charge on any atom is 0.411 e. The van der Waals surface area contributed by atoms with E-state index in [1.165, 1.54) is 0 Å². The molecule has 5 aromatic rings. The highest BCUT2D eigenvalue weighted by molar-refractivity contribution is 6.04. The predicted molar refractivity (Wildman–Crippen MR) is 195 cm³/mol. The van der Waals surface area contributed by atoms with E-state index in [9.17, 15) is 9.59 Å². The highest BCUT2D eigenvalue weighted by Gasteiger charge is 2.40. The van der Waals surface area contributed by atoms with Crippen LogP contribution in [0, 0.1) is 11.8 Å². The number of fused-ring (bicyclic) bond motifs is 4. The second kappa shape index (κ2) is 12.4. The smallest absolute Gasteiger partial charge is 0.411 e. The van der Waals surface area contributed by atoms with Gasteiger partial charge in [-0.25, -0.2) is 19.6 Å². The molecule has 2 aliphatic rings. The van der Waals surface area contributed by atoms with Crippen LogP contribution in [0.15, 0.2) is 48.5 Å². The number of rotatable bonds is 2. The lowest BCUT2D eigenvalue weighted by Gasteiger charge is -2.30. The summed E-state index contributed by atoms with van der Waals surface area (Å²) in [6, 6.07) is 16.1. The van der Waals surface area contributed by atoms with Gasteiger partial charge in [-0.1, -0.05) is 24.0 Å². The van der Waals surface area contributed by atoms with E-state index in [4.69, 9.17) is 19.4 Å². The Hall–Kier alpha value is -5.04. The fraction of sp³-hybridized carbons (Fsp3) is 0.450. The van der Waals surface area contributed by atoms with Gasteiger partial charge in [-0.15, -0.1) is 0 Å². The molecular weight excluding hydrogens is 628 g/mol. The van der Waals surface area contributed by atoms with Crippen molar-refractivity contribution in [1.29, 1.82) is 0 Å². The van der Waals surface area contributed by atoms with Gasteiger partial charge in [0, 0.05) is 28.6 Å². The normalized spacial score (nSPS) is 21.2. The number of carbonyl (C=O) groups is 2. The first-order valence-corrected chi connectivity index (χ1v) is 17.6. The molecule has 0 saturated carbocycles. The van der Waals surface area contributed by atoms with E-state index >= 15 is 0 Å². The number of aromatic amines is 2. The molecule has 2 amide bonds. The summed E-state index contributed by atoms with van der Waals surface area (Å²) in [6.07, 6.45) is 2.82. The van der Waals surface area contributed by atoms with Gasteiger partial charge in [0.1, 0.15) is 22.9 Å². The summed E-state index contributed by atoms with van der Waals surface area (Å²) in [5.74, 6) is 8.19. The molecule has 0 aliphatic carbocycles. The van der Waals surface area contributed by atoms with Gasteiger partial charge >= 0.3 is 12.2 Å². The highest BCUT2D eigenvalue weighted by atomic mass is 16.6. The molecule has 50 heavy (non-hydrogen) atoms. The summed E-state index contributed by atoms with van der Waals surface area (Å²) in [5, 5.41) is 2.07. The first kappa shape index (κ1) is 33.5. The van der Waals surface area contributed by atoms with Crippen molar-refractivity contribution in [3.63, 3.8) is 0 Å². The average Bonchev–Trinajstić information content (AvgIpc) is 3.81. The number of aromatic nitrogens is 4. The van der Waals surface area contributed by atoms with Crippen LogP contribution in [0.25, 0.3) is 32.8 Å². The van der Waals surface area contributed by atoms with Crippen molar-refractivity contribution in [2.45, 2.75) is 116 Å². The van der Waals surface area contributed by atoms with Crippen LogP contribution >= 0.6 is 0 Å². The maximum absolute atomic E-state index is 13.1. The van der Waals surface area contributed by atoms with E-state index in [2.05, 4.69) is 53.9 Å². The second-order valence-corrected chi connectivity index (χ2v) is 15.8. The zero-order valence-electron chi connectivity index (χ0n) is 30.2. The fourth-order valence-corrected chi connectivity index (χ4v) is 7.22. The number of carbonyl (C=O) groups excluding carboxylic acids is 2. The molecule has 1 unspecified atom stereocenters. The van der Waals surface area contributed by atoms with Gasteiger partial charge in [0.05, 0.1) is 34.2 Å². The average molecular weight is 675 g/mol. The van der Waals surface area contributed by atoms with Crippen molar-refractivity contribution in [3.05, 3.63) is 71.3 Å². The van der Waals surface area contributed by atoms with E-state index in [-0.39, 0.29) is 36.4 Å². The lowest BCUT2D eigenvalue weighted by atomic mass is 10.1. The van der Waals surface area contributed by atoms with Gasteiger partial charge in [-0.3, -0.25) is 9.80 Å². The molecule has 2 aliphatic heterocycles. The zero-order chi connectivity index (χ0) is 35.5. The van der Waals surface area contributed by atoms with Crippen LogP contribution in [0.4, 0.5) is 9.59 Å². The Bertz CT molecular complexity index is 2170. The number of likely N-dealkylation sites (tertiary alicyclic amines) is 2. The summed E-state index contributed by atoms with van der Waals surface area (Å²) in [4.78, 5) is 46.6. The Balaban J connectivity index is 1.11. The van der Waals surface area contributed by atoms with Crippen LogP contribution in [-0.2, 0) is 9.47 Å². The van der Waals surface area contributed by atoms with E-state index in [1.54, 1.807) is 0 Å². The zero-order valence-corrected chi connectivity index (χ0v) is 30.2. The molecule has 0 radical (unpaired) electrons. The van der Waals surface area contributed by atoms with Gasteiger partial charge in [0.15, 0.2) is 0 Å². The maximum atomic E-state index is 13.1. The molecule has 4 heterocycles. The summed E-state index contributed by atoms with van der Waals surface area (Å²) >= 11 is 0. The first-order chi connectivity index (χ1) is 23.6. The van der Waals surface area contributed by atoms with Crippen molar-refractivity contribution in [2.24, 2.45) is 0 Å². The summed E-state index contributed by atoms with van der Waals surface area (Å²) < 4.78 is 11.5. The quantitative estimate of drug-likeness (QED) is 0.181. The van der Waals surface area contributed by atoms with Crippen LogP contribution in [0.2, 0.25) is 0 Å². The molecule has 2 saturated heterocycles. The predicted octanol–water partition coefficient (Wildman–Crippen LogP) is 8.91. The van der Waals surface area contributed by atoms with Crippen LogP contribution in [-0.4, -0.2) is 65.2 Å². The number of amides is 2. The standard InChI is InChI=1S/C40H46N6O4/c1-23-9-19-32(45(23)37(47)49-39(3,4)5)35-41-29-17-14-26(22-31(29)43-35)12-11-25-13-16-28-27(21-25)15-18-30-34(28)44-36(42-30)33-20-10-24(2)46(33)38(48)50-40(6,7)8/h13-18,21-24,32-33H,9-10,19-20H2,1-8H3,(H,41,43)(H,42,44)/t23?,24-,32-,33-/m0/s1. The first-order valence-electron chi connectivity index (χ1n) is 17.6. The topological polar surface area (TPSA) is 116 Å². The third-order valence-electron chi connectivity index (χ3n) is 9.51. The Morgan fingerprint density at radius 2 is 1.24 bits per heavy atom. The molecular formula is C40H46N6O4. The fourth-order valence-electron chi connectivity index (χ4n) is 7.22. The molecule has 0 bridgehead atoms. The van der Waals surface area contributed by atoms with Crippen molar-refractivity contribution in [2.75, 3.05) is 0 Å². The molecule has 3 aromatic carbocycles. The summed E-state index contributed by atoms with van der Waals surface area (Å²) in [6.45, 7) is 15.4. The largest absolute Gasteiger partial charge is 0.444 e. The molecule has 2 aromatic heterocycles. The minimum absolute atomic E-state index is 0.0719. The van der Waals surface area contributed by atoms with E-state index in [0.717, 1.165) is 81.3 Å².